The minimum atomic E-state index is -0.462. The number of nitrogens with zero attached hydrogens (tertiary/aromatic N) is 1. The lowest BCUT2D eigenvalue weighted by Gasteiger charge is -2.26. The molecule has 1 aromatic carbocycles. The van der Waals surface area contributed by atoms with Gasteiger partial charge < -0.3 is 16.0 Å². The van der Waals surface area contributed by atoms with E-state index in [1.807, 2.05) is 0 Å². The Bertz CT molecular complexity index is 500. The topological polar surface area (TPSA) is 58.4 Å². The lowest BCUT2D eigenvalue weighted by atomic mass is 10.2. The van der Waals surface area contributed by atoms with E-state index in [1.54, 1.807) is 0 Å². The second-order valence-electron chi connectivity index (χ2n) is 6.07. The van der Waals surface area contributed by atoms with Gasteiger partial charge in [-0.2, -0.15) is 0 Å². The molecule has 21 heavy (non-hydrogen) atoms. The van der Waals surface area contributed by atoms with Gasteiger partial charge in [-0.15, -0.1) is 0 Å². The van der Waals surface area contributed by atoms with Crippen LogP contribution in [0, 0.1) is 11.7 Å². The summed E-state index contributed by atoms with van der Waals surface area (Å²) in [5.74, 6) is 0.152. The molecule has 0 aliphatic heterocycles. The van der Waals surface area contributed by atoms with Crippen molar-refractivity contribution in [1.82, 2.24) is 4.90 Å². The number of hydrogen-bond donors (Lipinski definition) is 2. The van der Waals surface area contributed by atoms with E-state index in [0.29, 0.717) is 24.7 Å². The molecule has 116 valence electrons. The zero-order valence-electron chi connectivity index (χ0n) is 12.7. The fourth-order valence-electron chi connectivity index (χ4n) is 2.29. The highest BCUT2D eigenvalue weighted by atomic mass is 19.1. The van der Waals surface area contributed by atoms with Crippen molar-refractivity contribution in [1.29, 1.82) is 0 Å². The van der Waals surface area contributed by atoms with Crippen molar-refractivity contribution in [2.24, 2.45) is 5.92 Å². The minimum absolute atomic E-state index is 0.151. The Morgan fingerprint density at radius 3 is 2.81 bits per heavy atom. The van der Waals surface area contributed by atoms with Crippen LogP contribution in [0.3, 0.4) is 0 Å². The lowest BCUT2D eigenvalue weighted by Crippen LogP contribution is -2.35. The highest BCUT2D eigenvalue weighted by molar-refractivity contribution is 5.91. The van der Waals surface area contributed by atoms with Gasteiger partial charge in [-0.1, -0.05) is 0 Å². The zero-order valence-corrected chi connectivity index (χ0v) is 12.7. The van der Waals surface area contributed by atoms with E-state index in [4.69, 9.17) is 5.73 Å². The molecule has 0 bridgehead atoms. The predicted octanol–water partition coefficient (Wildman–Crippen LogP) is 2.86. The Balaban J connectivity index is 1.84. The Morgan fingerprint density at radius 2 is 2.19 bits per heavy atom. The number of carbonyl (C=O) groups excluding carboxylic acids is 1. The first-order chi connectivity index (χ1) is 9.95. The molecule has 0 aromatic heterocycles. The smallest absolute Gasteiger partial charge is 0.225 e. The summed E-state index contributed by atoms with van der Waals surface area (Å²) >= 11 is 0. The Morgan fingerprint density at radius 1 is 1.48 bits per heavy atom. The second-order valence-corrected chi connectivity index (χ2v) is 6.07. The molecule has 1 aromatic rings. The van der Waals surface area contributed by atoms with Gasteiger partial charge in [0.05, 0.1) is 5.69 Å². The third-order valence-electron chi connectivity index (χ3n) is 3.81. The number of amides is 1. The van der Waals surface area contributed by atoms with Crippen LogP contribution >= 0.6 is 0 Å². The van der Waals surface area contributed by atoms with Crippen molar-refractivity contribution in [3.63, 3.8) is 0 Å². The summed E-state index contributed by atoms with van der Waals surface area (Å²) in [4.78, 5) is 14.3. The van der Waals surface area contributed by atoms with Crippen LogP contribution in [-0.4, -0.2) is 29.9 Å². The molecule has 0 unspecified atom stereocenters. The molecule has 0 saturated heterocycles. The number of anilines is 2. The quantitative estimate of drug-likeness (QED) is 0.760. The predicted molar refractivity (Wildman–Crippen MR) is 83.5 cm³/mol. The van der Waals surface area contributed by atoms with Crippen molar-refractivity contribution in [2.75, 3.05) is 24.1 Å². The van der Waals surface area contributed by atoms with Crippen molar-refractivity contribution in [3.05, 3.63) is 24.0 Å². The Hall–Kier alpha value is -1.62. The molecule has 0 heterocycles. The van der Waals surface area contributed by atoms with E-state index >= 15 is 0 Å². The van der Waals surface area contributed by atoms with Gasteiger partial charge in [-0.05, 0) is 50.8 Å². The summed E-state index contributed by atoms with van der Waals surface area (Å²) in [6.45, 7) is 6.03. The van der Waals surface area contributed by atoms with E-state index in [2.05, 4.69) is 24.1 Å². The molecule has 1 aliphatic carbocycles. The molecule has 1 aliphatic rings. The van der Waals surface area contributed by atoms with Crippen LogP contribution in [0.5, 0.6) is 0 Å². The van der Waals surface area contributed by atoms with Gasteiger partial charge in [0.2, 0.25) is 5.91 Å². The monoisotopic (exact) mass is 293 g/mol. The maximum Gasteiger partial charge on any atom is 0.225 e. The van der Waals surface area contributed by atoms with E-state index in [0.717, 1.165) is 12.5 Å². The summed E-state index contributed by atoms with van der Waals surface area (Å²) in [5.41, 5.74) is 6.19. The third kappa shape index (κ3) is 5.01. The van der Waals surface area contributed by atoms with Gasteiger partial charge in [-0.25, -0.2) is 4.39 Å². The molecule has 3 N–H and O–H groups in total. The minimum Gasteiger partial charge on any atom is -0.399 e. The molecule has 1 fully saturated rings. The van der Waals surface area contributed by atoms with E-state index in [9.17, 15) is 9.18 Å². The Kier molecular flexibility index (Phi) is 5.17. The van der Waals surface area contributed by atoms with Crippen molar-refractivity contribution in [3.8, 4) is 0 Å². The van der Waals surface area contributed by atoms with Gasteiger partial charge >= 0.3 is 0 Å². The van der Waals surface area contributed by atoms with E-state index < -0.39 is 5.82 Å². The largest absolute Gasteiger partial charge is 0.399 e. The number of carbonyl (C=O) groups is 1. The summed E-state index contributed by atoms with van der Waals surface area (Å²) in [7, 11) is 0. The number of benzene rings is 1. The van der Waals surface area contributed by atoms with Gasteiger partial charge in [0, 0.05) is 31.2 Å². The van der Waals surface area contributed by atoms with Gasteiger partial charge in [0.15, 0.2) is 0 Å². The molecule has 0 atom stereocenters. The molecular formula is C16H24FN3O. The maximum atomic E-state index is 13.6. The summed E-state index contributed by atoms with van der Waals surface area (Å²) in [6.07, 6.45) is 2.95. The van der Waals surface area contributed by atoms with Crippen LogP contribution in [-0.2, 0) is 4.79 Å². The number of nitrogens with two attached hydrogens (primary N) is 1. The average Bonchev–Trinajstić information content (AvgIpc) is 3.22. The van der Waals surface area contributed by atoms with Crippen LogP contribution < -0.4 is 11.1 Å². The Labute approximate surface area is 125 Å². The molecule has 1 saturated carbocycles. The first-order valence-electron chi connectivity index (χ1n) is 7.54. The second kappa shape index (κ2) is 6.89. The molecule has 0 spiro atoms. The molecule has 2 rings (SSSR count). The van der Waals surface area contributed by atoms with Crippen molar-refractivity contribution < 1.29 is 9.18 Å². The van der Waals surface area contributed by atoms with Crippen LogP contribution in [0.2, 0.25) is 0 Å². The normalized spacial score (nSPS) is 14.7. The zero-order chi connectivity index (χ0) is 15.4. The van der Waals surface area contributed by atoms with Crippen molar-refractivity contribution in [2.45, 2.75) is 39.2 Å². The molecule has 4 nitrogen and oxygen atoms in total. The van der Waals surface area contributed by atoms with Crippen LogP contribution in [0.15, 0.2) is 18.2 Å². The standard InChI is InChI=1S/C16H24FN3O/c1-11(2)20(10-12-3-4-12)8-7-16(21)19-15-9-13(18)5-6-14(15)17/h5-6,9,11-12H,3-4,7-8,10,18H2,1-2H3,(H,19,21). The fourth-order valence-corrected chi connectivity index (χ4v) is 2.29. The first-order valence-corrected chi connectivity index (χ1v) is 7.54. The van der Waals surface area contributed by atoms with Gasteiger partial charge in [0.25, 0.3) is 0 Å². The summed E-state index contributed by atoms with van der Waals surface area (Å²) in [5, 5.41) is 2.59. The average molecular weight is 293 g/mol. The van der Waals surface area contributed by atoms with Crippen LogP contribution in [0.25, 0.3) is 0 Å². The number of nitrogens with one attached hydrogen (secondary N) is 1. The molecule has 5 heteroatoms. The van der Waals surface area contributed by atoms with Crippen molar-refractivity contribution >= 4 is 17.3 Å². The van der Waals surface area contributed by atoms with E-state index in [-0.39, 0.29) is 11.6 Å². The van der Waals surface area contributed by atoms with E-state index in [1.165, 1.54) is 31.0 Å². The highest BCUT2D eigenvalue weighted by Crippen LogP contribution is 2.30. The van der Waals surface area contributed by atoms with Gasteiger partial charge in [0.1, 0.15) is 5.82 Å². The summed E-state index contributed by atoms with van der Waals surface area (Å²) in [6, 6.07) is 4.60. The summed E-state index contributed by atoms with van der Waals surface area (Å²) < 4.78 is 13.6. The highest BCUT2D eigenvalue weighted by Gasteiger charge is 2.25. The molecule has 0 radical (unpaired) electrons. The number of halogens is 1. The van der Waals surface area contributed by atoms with Gasteiger partial charge in [-0.3, -0.25) is 4.79 Å². The first kappa shape index (κ1) is 15.8. The van der Waals surface area contributed by atoms with Crippen LogP contribution in [0.1, 0.15) is 33.1 Å². The lowest BCUT2D eigenvalue weighted by molar-refractivity contribution is -0.116. The number of hydrogen-bond acceptors (Lipinski definition) is 3. The number of nitrogen functional groups attached to an aromatic ring is 1. The molecular weight excluding hydrogens is 269 g/mol. The maximum absolute atomic E-state index is 13.6. The molecule has 1 amide bonds. The SMILES string of the molecule is CC(C)N(CCC(=O)Nc1cc(N)ccc1F)CC1CC1. The van der Waals surface area contributed by atoms with Crippen LogP contribution in [0.4, 0.5) is 15.8 Å². The number of rotatable bonds is 7. The third-order valence-corrected chi connectivity index (χ3v) is 3.81. The fraction of sp³-hybridized carbons (Fsp3) is 0.562.